The number of hydrogen-bond donors (Lipinski definition) is 1. The maximum Gasteiger partial charge on any atom is 0.284 e. The van der Waals surface area contributed by atoms with Crippen molar-refractivity contribution in [1.29, 1.82) is 0 Å². The van der Waals surface area contributed by atoms with Crippen LogP contribution in [0, 0.1) is 0 Å². The van der Waals surface area contributed by atoms with Gasteiger partial charge < -0.3 is 0 Å². The first kappa shape index (κ1) is 6.75. The molecule has 1 nitrogen and oxygen atoms in total. The summed E-state index contributed by atoms with van der Waals surface area (Å²) in [7, 11) is 0. The quantitative estimate of drug-likeness (QED) is 0.502. The van der Waals surface area contributed by atoms with Crippen LogP contribution in [0.3, 0.4) is 0 Å². The van der Waals surface area contributed by atoms with E-state index in [1.807, 2.05) is 0 Å². The van der Waals surface area contributed by atoms with Crippen molar-refractivity contribution in [2.45, 2.75) is 19.1 Å². The molecule has 44 valence electrons. The lowest BCUT2D eigenvalue weighted by Crippen LogP contribution is -2.38. The van der Waals surface area contributed by atoms with Crippen LogP contribution in [-0.2, 0) is 0 Å². The molecular formula is C3H6F3N. The maximum absolute atomic E-state index is 11.5. The van der Waals surface area contributed by atoms with Crippen LogP contribution in [-0.4, -0.2) is 12.2 Å². The van der Waals surface area contributed by atoms with E-state index in [4.69, 9.17) is 0 Å². The van der Waals surface area contributed by atoms with Gasteiger partial charge in [0.05, 0.1) is 0 Å². The standard InChI is InChI=1S/C3H6F3N/c1-3(6,7)2(4)5/h2H,7H2,1H3/t3-/m0/s1. The fraction of sp³-hybridized carbons (Fsp3) is 1.00. The number of hydrogen-bond acceptors (Lipinski definition) is 1. The first-order valence-electron chi connectivity index (χ1n) is 1.70. The van der Waals surface area contributed by atoms with Gasteiger partial charge in [-0.1, -0.05) is 0 Å². The van der Waals surface area contributed by atoms with E-state index in [0.717, 1.165) is 0 Å². The number of halogens is 3. The average molecular weight is 113 g/mol. The molecule has 0 fully saturated rings. The third-order valence-corrected chi connectivity index (χ3v) is 0.427. The van der Waals surface area contributed by atoms with Gasteiger partial charge in [0.1, 0.15) is 0 Å². The van der Waals surface area contributed by atoms with Crippen LogP contribution in [0.4, 0.5) is 13.2 Å². The van der Waals surface area contributed by atoms with Crippen LogP contribution in [0.25, 0.3) is 0 Å². The molecule has 0 aliphatic carbocycles. The lowest BCUT2D eigenvalue weighted by molar-refractivity contribution is -0.0176. The molecule has 0 aromatic carbocycles. The number of nitrogens with two attached hydrogens (primary N) is 1. The zero-order chi connectivity index (χ0) is 6.08. The Morgan fingerprint density at radius 2 is 1.71 bits per heavy atom. The summed E-state index contributed by atoms with van der Waals surface area (Å²) in [5.41, 5.74) is 4.26. The predicted octanol–water partition coefficient (Wildman–Crippen LogP) is 0.896. The zero-order valence-electron chi connectivity index (χ0n) is 3.79. The summed E-state index contributed by atoms with van der Waals surface area (Å²) in [5.74, 6) is -2.83. The van der Waals surface area contributed by atoms with Crippen molar-refractivity contribution in [3.05, 3.63) is 0 Å². The Morgan fingerprint density at radius 3 is 1.71 bits per heavy atom. The molecule has 2 N–H and O–H groups in total. The summed E-state index contributed by atoms with van der Waals surface area (Å²) < 4.78 is 33.6. The van der Waals surface area contributed by atoms with E-state index in [0.29, 0.717) is 6.92 Å². The van der Waals surface area contributed by atoms with E-state index in [1.165, 1.54) is 0 Å². The van der Waals surface area contributed by atoms with Gasteiger partial charge in [-0.2, -0.15) is 0 Å². The van der Waals surface area contributed by atoms with Crippen LogP contribution < -0.4 is 5.73 Å². The lowest BCUT2D eigenvalue weighted by Gasteiger charge is -2.10. The summed E-state index contributed by atoms with van der Waals surface area (Å²) in [6.45, 7) is 0.623. The second kappa shape index (κ2) is 1.69. The first-order valence-corrected chi connectivity index (χ1v) is 1.70. The maximum atomic E-state index is 11.5. The third-order valence-electron chi connectivity index (χ3n) is 0.427. The molecule has 1 atom stereocenters. The normalized spacial score (nSPS) is 19.7. The third kappa shape index (κ3) is 2.45. The Morgan fingerprint density at radius 1 is 1.57 bits per heavy atom. The Bertz CT molecular complexity index is 55.7. The van der Waals surface area contributed by atoms with Crippen LogP contribution in [0.1, 0.15) is 6.92 Å². The Hall–Kier alpha value is -0.250. The molecule has 0 aliphatic rings. The van der Waals surface area contributed by atoms with E-state index in [9.17, 15) is 13.2 Å². The average Bonchev–Trinajstić information content (AvgIpc) is 1.31. The summed E-state index contributed by atoms with van der Waals surface area (Å²) in [4.78, 5) is 0. The monoisotopic (exact) mass is 113 g/mol. The van der Waals surface area contributed by atoms with E-state index in [2.05, 4.69) is 5.73 Å². The highest BCUT2D eigenvalue weighted by Crippen LogP contribution is 2.11. The zero-order valence-corrected chi connectivity index (χ0v) is 3.79. The molecule has 0 amide bonds. The number of rotatable bonds is 1. The molecule has 0 rings (SSSR count). The van der Waals surface area contributed by atoms with Gasteiger partial charge in [0.25, 0.3) is 6.43 Å². The second-order valence-corrected chi connectivity index (χ2v) is 1.45. The van der Waals surface area contributed by atoms with Crippen LogP contribution >= 0.6 is 0 Å². The van der Waals surface area contributed by atoms with E-state index in [-0.39, 0.29) is 0 Å². The minimum Gasteiger partial charge on any atom is -0.295 e. The molecule has 0 spiro atoms. The molecule has 0 bridgehead atoms. The minimum atomic E-state index is -3.09. The minimum absolute atomic E-state index is 0.623. The van der Waals surface area contributed by atoms with Gasteiger partial charge in [-0.15, -0.1) is 0 Å². The molecule has 0 aliphatic heterocycles. The highest BCUT2D eigenvalue weighted by Gasteiger charge is 2.28. The Kier molecular flexibility index (Phi) is 1.63. The second-order valence-electron chi connectivity index (χ2n) is 1.45. The molecule has 0 aromatic rings. The molecular weight excluding hydrogens is 107 g/mol. The first-order chi connectivity index (χ1) is 2.94. The van der Waals surface area contributed by atoms with Gasteiger partial charge in [-0.3, -0.25) is 5.73 Å². The van der Waals surface area contributed by atoms with Gasteiger partial charge in [-0.05, 0) is 6.92 Å². The smallest absolute Gasteiger partial charge is 0.284 e. The van der Waals surface area contributed by atoms with Gasteiger partial charge in [0.15, 0.2) is 0 Å². The van der Waals surface area contributed by atoms with E-state index < -0.39 is 12.2 Å². The topological polar surface area (TPSA) is 26.0 Å². The van der Waals surface area contributed by atoms with Crippen molar-refractivity contribution in [2.75, 3.05) is 0 Å². The summed E-state index contributed by atoms with van der Waals surface area (Å²) in [6.07, 6.45) is -3.09. The van der Waals surface area contributed by atoms with Crippen molar-refractivity contribution in [2.24, 2.45) is 5.73 Å². The van der Waals surface area contributed by atoms with Crippen LogP contribution in [0.5, 0.6) is 0 Å². The van der Waals surface area contributed by atoms with E-state index >= 15 is 0 Å². The molecule has 0 aromatic heterocycles. The van der Waals surface area contributed by atoms with Crippen LogP contribution in [0.2, 0.25) is 0 Å². The highest BCUT2D eigenvalue weighted by molar-refractivity contribution is 4.65. The summed E-state index contributed by atoms with van der Waals surface area (Å²) >= 11 is 0. The summed E-state index contributed by atoms with van der Waals surface area (Å²) in [5, 5.41) is 0. The molecule has 0 unspecified atom stereocenters. The lowest BCUT2D eigenvalue weighted by atomic mass is 10.3. The fourth-order valence-electron chi connectivity index (χ4n) is 0. The molecule has 0 saturated carbocycles. The van der Waals surface area contributed by atoms with Gasteiger partial charge in [0.2, 0.25) is 5.79 Å². The largest absolute Gasteiger partial charge is 0.295 e. The molecule has 0 saturated heterocycles. The molecule has 0 heterocycles. The Balaban J connectivity index is 3.54. The molecule has 0 radical (unpaired) electrons. The fourth-order valence-corrected chi connectivity index (χ4v) is 0. The molecule has 7 heavy (non-hydrogen) atoms. The number of alkyl halides is 3. The van der Waals surface area contributed by atoms with Crippen molar-refractivity contribution >= 4 is 0 Å². The van der Waals surface area contributed by atoms with Gasteiger partial charge in [-0.25, -0.2) is 13.2 Å². The van der Waals surface area contributed by atoms with Crippen molar-refractivity contribution in [1.82, 2.24) is 0 Å². The highest BCUT2D eigenvalue weighted by atomic mass is 19.3. The SMILES string of the molecule is C[C@@](N)(F)C(F)F. The molecule has 4 heteroatoms. The van der Waals surface area contributed by atoms with Gasteiger partial charge >= 0.3 is 0 Å². The Labute approximate surface area is 39.3 Å². The van der Waals surface area contributed by atoms with Crippen molar-refractivity contribution in [3.8, 4) is 0 Å². The van der Waals surface area contributed by atoms with Gasteiger partial charge in [0, 0.05) is 0 Å². The van der Waals surface area contributed by atoms with E-state index in [1.54, 1.807) is 0 Å². The predicted molar refractivity (Wildman–Crippen MR) is 19.7 cm³/mol. The van der Waals surface area contributed by atoms with Crippen LogP contribution in [0.15, 0.2) is 0 Å². The van der Waals surface area contributed by atoms with Crippen molar-refractivity contribution in [3.63, 3.8) is 0 Å². The summed E-state index contributed by atoms with van der Waals surface area (Å²) in [6, 6.07) is 0. The van der Waals surface area contributed by atoms with Crippen molar-refractivity contribution < 1.29 is 13.2 Å².